The minimum Gasteiger partial charge on any atom is -0.507 e. The molecule has 0 bridgehead atoms. The highest BCUT2D eigenvalue weighted by Gasteiger charge is 2.16. The van der Waals surface area contributed by atoms with Crippen LogP contribution in [-0.4, -0.2) is 15.8 Å². The van der Waals surface area contributed by atoms with Gasteiger partial charge in [-0.05, 0) is 23.8 Å². The number of phenolic OH excluding ortho intramolecular Hbond substituents is 1. The van der Waals surface area contributed by atoms with Crippen molar-refractivity contribution in [2.75, 3.05) is 0 Å². The zero-order chi connectivity index (χ0) is 15.6. The van der Waals surface area contributed by atoms with Crippen molar-refractivity contribution in [2.45, 2.75) is 6.42 Å². The van der Waals surface area contributed by atoms with Crippen LogP contribution in [0, 0.1) is 10.1 Å². The summed E-state index contributed by atoms with van der Waals surface area (Å²) in [5.74, 6) is -0.453. The van der Waals surface area contributed by atoms with E-state index in [2.05, 4.69) is 15.9 Å². The number of nitro benzene ring substituents is 1. The number of aromatic hydroxyl groups is 1. The second-order valence-electron chi connectivity index (χ2n) is 4.29. The Morgan fingerprint density at radius 1 is 1.29 bits per heavy atom. The summed E-state index contributed by atoms with van der Waals surface area (Å²) in [6, 6.07) is 8.46. The average molecular weight is 371 g/mol. The zero-order valence-corrected chi connectivity index (χ0v) is 12.9. The van der Waals surface area contributed by atoms with Crippen molar-refractivity contribution in [2.24, 2.45) is 0 Å². The van der Waals surface area contributed by atoms with Gasteiger partial charge >= 0.3 is 0 Å². The Morgan fingerprint density at radius 3 is 2.62 bits per heavy atom. The van der Waals surface area contributed by atoms with Gasteiger partial charge in [0.1, 0.15) is 5.75 Å². The predicted octanol–water partition coefficient (Wildman–Crippen LogP) is 4.14. The first-order valence-corrected chi connectivity index (χ1v) is 7.00. The molecule has 108 valence electrons. The number of carbonyl (C=O) groups is 1. The van der Waals surface area contributed by atoms with Crippen molar-refractivity contribution < 1.29 is 14.8 Å². The van der Waals surface area contributed by atoms with Crippen molar-refractivity contribution >= 4 is 39.0 Å². The number of ketones is 1. The number of hydrogen-bond acceptors (Lipinski definition) is 4. The Bertz CT molecular complexity index is 733. The maximum Gasteiger partial charge on any atom is 0.270 e. The summed E-state index contributed by atoms with van der Waals surface area (Å²) < 4.78 is 0.665. The molecule has 0 fully saturated rings. The third-order valence-electron chi connectivity index (χ3n) is 2.86. The van der Waals surface area contributed by atoms with Crippen molar-refractivity contribution in [3.8, 4) is 5.75 Å². The van der Waals surface area contributed by atoms with Crippen molar-refractivity contribution in [3.63, 3.8) is 0 Å². The number of hydrogen-bond donors (Lipinski definition) is 1. The fraction of sp³-hybridized carbons (Fsp3) is 0.0714. The van der Waals surface area contributed by atoms with Gasteiger partial charge in [-0.1, -0.05) is 33.6 Å². The molecule has 0 aliphatic heterocycles. The molecule has 2 aromatic rings. The first-order chi connectivity index (χ1) is 9.88. The summed E-state index contributed by atoms with van der Waals surface area (Å²) in [4.78, 5) is 22.3. The van der Waals surface area contributed by atoms with E-state index in [9.17, 15) is 20.0 Å². The van der Waals surface area contributed by atoms with E-state index in [1.807, 2.05) is 0 Å². The molecule has 0 atom stereocenters. The van der Waals surface area contributed by atoms with Crippen LogP contribution in [0.4, 0.5) is 5.69 Å². The molecule has 0 saturated carbocycles. The van der Waals surface area contributed by atoms with Crippen molar-refractivity contribution in [3.05, 3.63) is 67.1 Å². The zero-order valence-electron chi connectivity index (χ0n) is 10.5. The van der Waals surface area contributed by atoms with Crippen LogP contribution in [0.1, 0.15) is 15.9 Å². The minimum absolute atomic E-state index is 0.0547. The van der Waals surface area contributed by atoms with Gasteiger partial charge in [0.25, 0.3) is 5.69 Å². The summed E-state index contributed by atoms with van der Waals surface area (Å²) in [5.41, 5.74) is 0.493. The Labute approximate surface area is 133 Å². The van der Waals surface area contributed by atoms with Crippen LogP contribution in [0.2, 0.25) is 5.02 Å². The monoisotopic (exact) mass is 369 g/mol. The second-order valence-corrected chi connectivity index (χ2v) is 5.62. The molecule has 21 heavy (non-hydrogen) atoms. The number of halogens is 2. The maximum atomic E-state index is 12.2. The lowest BCUT2D eigenvalue weighted by Gasteiger charge is -2.06. The number of carbonyl (C=O) groups excluding carboxylic acids is 1. The largest absolute Gasteiger partial charge is 0.507 e. The SMILES string of the molecule is O=C(Cc1ccc([N+](=O)[O-])cc1Cl)c1cc(Br)ccc1O. The van der Waals surface area contributed by atoms with Crippen LogP contribution in [0.3, 0.4) is 0 Å². The first-order valence-electron chi connectivity index (χ1n) is 5.83. The molecule has 0 aliphatic carbocycles. The number of Topliss-reactive ketones (excluding diaryl/α,β-unsaturated/α-hetero) is 1. The number of phenols is 1. The molecule has 0 aliphatic rings. The standard InChI is InChI=1S/C14H9BrClNO4/c15-9-2-4-13(18)11(6-9)14(19)5-8-1-3-10(17(20)21)7-12(8)16/h1-4,6-7,18H,5H2. The van der Waals surface area contributed by atoms with E-state index in [4.69, 9.17) is 11.6 Å². The third-order valence-corrected chi connectivity index (χ3v) is 3.70. The molecule has 7 heteroatoms. The molecule has 5 nitrogen and oxygen atoms in total. The van der Waals surface area contributed by atoms with Gasteiger partial charge in [-0.15, -0.1) is 0 Å². The topological polar surface area (TPSA) is 80.4 Å². The predicted molar refractivity (Wildman–Crippen MR) is 81.9 cm³/mol. The van der Waals surface area contributed by atoms with E-state index in [1.165, 1.54) is 30.3 Å². The molecule has 0 unspecified atom stereocenters. The molecule has 0 amide bonds. The number of nitrogens with zero attached hydrogens (tertiary/aromatic N) is 1. The fourth-order valence-electron chi connectivity index (χ4n) is 1.79. The highest BCUT2D eigenvalue weighted by atomic mass is 79.9. The van der Waals surface area contributed by atoms with Crippen molar-refractivity contribution in [1.29, 1.82) is 0 Å². The van der Waals surface area contributed by atoms with Crippen LogP contribution >= 0.6 is 27.5 Å². The van der Waals surface area contributed by atoms with Gasteiger partial charge in [0, 0.05) is 23.0 Å². The highest BCUT2D eigenvalue weighted by Crippen LogP contribution is 2.27. The van der Waals surface area contributed by atoms with Gasteiger partial charge in [-0.2, -0.15) is 0 Å². The number of nitro groups is 1. The van der Waals surface area contributed by atoms with Crippen LogP contribution in [-0.2, 0) is 6.42 Å². The van der Waals surface area contributed by atoms with Crippen LogP contribution in [0.25, 0.3) is 0 Å². The molecule has 0 saturated heterocycles. The van der Waals surface area contributed by atoms with E-state index in [0.29, 0.717) is 10.0 Å². The third kappa shape index (κ3) is 3.59. The average Bonchev–Trinajstić information content (AvgIpc) is 2.43. The normalized spacial score (nSPS) is 10.4. The van der Waals surface area contributed by atoms with Crippen molar-refractivity contribution in [1.82, 2.24) is 0 Å². The van der Waals surface area contributed by atoms with Gasteiger partial charge in [-0.3, -0.25) is 14.9 Å². The molecular formula is C14H9BrClNO4. The lowest BCUT2D eigenvalue weighted by Crippen LogP contribution is -2.05. The molecule has 1 N–H and O–H groups in total. The summed E-state index contributed by atoms with van der Waals surface area (Å²) >= 11 is 9.17. The smallest absolute Gasteiger partial charge is 0.270 e. The molecule has 0 aromatic heterocycles. The second kappa shape index (κ2) is 6.24. The highest BCUT2D eigenvalue weighted by molar-refractivity contribution is 9.10. The molecule has 2 aromatic carbocycles. The van der Waals surface area contributed by atoms with E-state index in [0.717, 1.165) is 0 Å². The molecule has 0 radical (unpaired) electrons. The van der Waals surface area contributed by atoms with Gasteiger partial charge < -0.3 is 5.11 Å². The lowest BCUT2D eigenvalue weighted by molar-refractivity contribution is -0.384. The minimum atomic E-state index is -0.558. The molecule has 0 heterocycles. The van der Waals surface area contributed by atoms with E-state index in [-0.39, 0.29) is 34.2 Å². The van der Waals surface area contributed by atoms with Gasteiger partial charge in [-0.25, -0.2) is 0 Å². The van der Waals surface area contributed by atoms with E-state index >= 15 is 0 Å². The fourth-order valence-corrected chi connectivity index (χ4v) is 2.40. The quantitative estimate of drug-likeness (QED) is 0.498. The number of non-ortho nitro benzene ring substituents is 1. The van der Waals surface area contributed by atoms with Crippen LogP contribution in [0.15, 0.2) is 40.9 Å². The summed E-state index contributed by atoms with van der Waals surface area (Å²) in [6.45, 7) is 0. The number of rotatable bonds is 4. The Hall–Kier alpha value is -1.92. The van der Waals surface area contributed by atoms with Gasteiger partial charge in [0.15, 0.2) is 5.78 Å². The van der Waals surface area contributed by atoms with E-state index < -0.39 is 4.92 Å². The van der Waals surface area contributed by atoms with Crippen LogP contribution in [0.5, 0.6) is 5.75 Å². The Balaban J connectivity index is 2.27. The molecular weight excluding hydrogens is 362 g/mol. The lowest BCUT2D eigenvalue weighted by atomic mass is 10.0. The molecule has 2 rings (SSSR count). The Morgan fingerprint density at radius 2 is 2.00 bits per heavy atom. The van der Waals surface area contributed by atoms with E-state index in [1.54, 1.807) is 6.07 Å². The summed E-state index contributed by atoms with van der Waals surface area (Å²) in [5, 5.41) is 20.5. The summed E-state index contributed by atoms with van der Waals surface area (Å²) in [7, 11) is 0. The Kier molecular flexibility index (Phi) is 4.59. The maximum absolute atomic E-state index is 12.2. The molecule has 0 spiro atoms. The first kappa shape index (κ1) is 15.5. The summed E-state index contributed by atoms with van der Waals surface area (Å²) in [6.07, 6.45) is -0.0547. The van der Waals surface area contributed by atoms with Gasteiger partial charge in [0.05, 0.1) is 15.5 Å². The van der Waals surface area contributed by atoms with Gasteiger partial charge in [0.2, 0.25) is 0 Å². The number of benzene rings is 2. The van der Waals surface area contributed by atoms with Crippen LogP contribution < -0.4 is 0 Å².